The van der Waals surface area contributed by atoms with Crippen molar-refractivity contribution in [2.75, 3.05) is 14.2 Å². The lowest BCUT2D eigenvalue weighted by molar-refractivity contribution is 0.245. The molecule has 0 fully saturated rings. The first-order valence-electron chi connectivity index (χ1n) is 8.45. The summed E-state index contributed by atoms with van der Waals surface area (Å²) in [5.74, 6) is 2.39. The predicted octanol–water partition coefficient (Wildman–Crippen LogP) is 5.36. The summed E-state index contributed by atoms with van der Waals surface area (Å²) in [5, 5.41) is 0. The average Bonchev–Trinajstić information content (AvgIpc) is 2.65. The molecular weight excluding hydrogens is 312 g/mol. The van der Waals surface area contributed by atoms with Gasteiger partial charge >= 0.3 is 0 Å². The molecule has 2 aromatic rings. The molecule has 1 atom stereocenters. The van der Waals surface area contributed by atoms with Crippen LogP contribution in [-0.2, 0) is 6.42 Å². The maximum Gasteiger partial charge on any atom is 0.142 e. The van der Waals surface area contributed by atoms with Crippen molar-refractivity contribution in [2.24, 2.45) is 0 Å². The van der Waals surface area contributed by atoms with Gasteiger partial charge in [-0.15, -0.1) is 0 Å². The quantitative estimate of drug-likeness (QED) is 0.688. The molecule has 0 spiro atoms. The zero-order chi connectivity index (χ0) is 17.8. The molecule has 2 aromatic carbocycles. The van der Waals surface area contributed by atoms with Crippen LogP contribution in [0.2, 0.25) is 0 Å². The van der Waals surface area contributed by atoms with Crippen LogP contribution < -0.4 is 14.2 Å². The molecule has 0 radical (unpaired) electrons. The van der Waals surface area contributed by atoms with Gasteiger partial charge < -0.3 is 14.2 Å². The Balaban J connectivity index is 2.09. The van der Waals surface area contributed by atoms with Gasteiger partial charge in [-0.25, -0.2) is 0 Å². The van der Waals surface area contributed by atoms with E-state index in [4.69, 9.17) is 14.2 Å². The molecule has 3 nitrogen and oxygen atoms in total. The van der Waals surface area contributed by atoms with Crippen LogP contribution in [0, 0.1) is 0 Å². The SMILES string of the molecule is COc1cc(OC)c(CC=C(C)C)c2c1C=CC(c1ccccc1)O2. The molecule has 3 heteroatoms. The molecule has 25 heavy (non-hydrogen) atoms. The summed E-state index contributed by atoms with van der Waals surface area (Å²) in [6.45, 7) is 4.19. The largest absolute Gasteiger partial charge is 0.496 e. The van der Waals surface area contributed by atoms with Crippen LogP contribution in [0.3, 0.4) is 0 Å². The summed E-state index contributed by atoms with van der Waals surface area (Å²) in [4.78, 5) is 0. The van der Waals surface area contributed by atoms with Gasteiger partial charge in [0.15, 0.2) is 0 Å². The monoisotopic (exact) mass is 336 g/mol. The first-order valence-corrected chi connectivity index (χ1v) is 8.45. The van der Waals surface area contributed by atoms with E-state index in [0.717, 1.165) is 40.4 Å². The zero-order valence-corrected chi connectivity index (χ0v) is 15.2. The standard InChI is InChI=1S/C22H24O3/c1-15(2)10-11-17-20(23-3)14-21(24-4)18-12-13-19(25-22(17)18)16-8-6-5-7-9-16/h5-10,12-14,19H,11H2,1-4H3. The highest BCUT2D eigenvalue weighted by Crippen LogP contribution is 2.45. The van der Waals surface area contributed by atoms with E-state index < -0.39 is 0 Å². The normalized spacial score (nSPS) is 15.1. The number of benzene rings is 2. The minimum Gasteiger partial charge on any atom is -0.496 e. The summed E-state index contributed by atoms with van der Waals surface area (Å²) in [5.41, 5.74) is 4.40. The summed E-state index contributed by atoms with van der Waals surface area (Å²) in [7, 11) is 3.35. The smallest absolute Gasteiger partial charge is 0.142 e. The lowest BCUT2D eigenvalue weighted by atomic mass is 9.98. The van der Waals surface area contributed by atoms with E-state index in [2.05, 4.69) is 44.2 Å². The highest BCUT2D eigenvalue weighted by atomic mass is 16.5. The maximum absolute atomic E-state index is 6.39. The Morgan fingerprint density at radius 1 is 1.08 bits per heavy atom. The van der Waals surface area contributed by atoms with E-state index in [1.807, 2.05) is 24.3 Å². The van der Waals surface area contributed by atoms with Crippen LogP contribution >= 0.6 is 0 Å². The maximum atomic E-state index is 6.39. The number of allylic oxidation sites excluding steroid dienone is 2. The number of methoxy groups -OCH3 is 2. The predicted molar refractivity (Wildman–Crippen MR) is 102 cm³/mol. The van der Waals surface area contributed by atoms with Crippen molar-refractivity contribution >= 4 is 6.08 Å². The summed E-state index contributed by atoms with van der Waals surface area (Å²) in [6, 6.07) is 12.1. The van der Waals surface area contributed by atoms with Crippen LogP contribution in [0.1, 0.15) is 36.6 Å². The van der Waals surface area contributed by atoms with Crippen LogP contribution in [0.15, 0.2) is 54.1 Å². The Morgan fingerprint density at radius 2 is 1.80 bits per heavy atom. The van der Waals surface area contributed by atoms with E-state index in [-0.39, 0.29) is 6.10 Å². The molecular formula is C22H24O3. The van der Waals surface area contributed by atoms with E-state index in [9.17, 15) is 0 Å². The van der Waals surface area contributed by atoms with E-state index in [1.165, 1.54) is 5.57 Å². The van der Waals surface area contributed by atoms with E-state index in [1.54, 1.807) is 14.2 Å². The van der Waals surface area contributed by atoms with Gasteiger partial charge in [0, 0.05) is 11.6 Å². The van der Waals surface area contributed by atoms with Crippen LogP contribution in [0.5, 0.6) is 17.2 Å². The molecule has 1 unspecified atom stereocenters. The van der Waals surface area contributed by atoms with Crippen molar-refractivity contribution < 1.29 is 14.2 Å². The Hall–Kier alpha value is -2.68. The van der Waals surface area contributed by atoms with Gasteiger partial charge in [-0.2, -0.15) is 0 Å². The Labute approximate surface area is 149 Å². The molecule has 0 amide bonds. The summed E-state index contributed by atoms with van der Waals surface area (Å²) >= 11 is 0. The molecule has 1 aliphatic rings. The number of hydrogen-bond donors (Lipinski definition) is 0. The Kier molecular flexibility index (Phi) is 5.13. The minimum atomic E-state index is -0.115. The van der Waals surface area contributed by atoms with E-state index >= 15 is 0 Å². The Bertz CT molecular complexity index is 800. The number of hydrogen-bond acceptors (Lipinski definition) is 3. The number of ether oxygens (including phenoxy) is 3. The number of rotatable bonds is 5. The average molecular weight is 336 g/mol. The van der Waals surface area contributed by atoms with Crippen molar-refractivity contribution in [1.29, 1.82) is 0 Å². The third-order valence-electron chi connectivity index (χ3n) is 4.31. The lowest BCUT2D eigenvalue weighted by Crippen LogP contribution is -2.12. The lowest BCUT2D eigenvalue weighted by Gasteiger charge is -2.26. The van der Waals surface area contributed by atoms with Gasteiger partial charge in [-0.05, 0) is 38.0 Å². The van der Waals surface area contributed by atoms with Gasteiger partial charge in [0.05, 0.1) is 19.8 Å². The molecule has 1 heterocycles. The van der Waals surface area contributed by atoms with Crippen molar-refractivity contribution in [3.63, 3.8) is 0 Å². The summed E-state index contributed by atoms with van der Waals surface area (Å²) in [6.07, 6.45) is 6.98. The molecule has 0 N–H and O–H groups in total. The third-order valence-corrected chi connectivity index (χ3v) is 4.31. The van der Waals surface area contributed by atoms with Crippen molar-refractivity contribution in [3.05, 3.63) is 70.8 Å². The van der Waals surface area contributed by atoms with Gasteiger partial charge in [0.2, 0.25) is 0 Å². The molecule has 3 rings (SSSR count). The molecule has 0 aromatic heterocycles. The zero-order valence-electron chi connectivity index (χ0n) is 15.2. The molecule has 0 saturated heterocycles. The fourth-order valence-corrected chi connectivity index (χ4v) is 2.98. The Morgan fingerprint density at radius 3 is 2.44 bits per heavy atom. The molecule has 130 valence electrons. The van der Waals surface area contributed by atoms with Gasteiger partial charge in [0.25, 0.3) is 0 Å². The first-order chi connectivity index (χ1) is 12.1. The second kappa shape index (κ2) is 7.47. The third kappa shape index (κ3) is 3.55. The summed E-state index contributed by atoms with van der Waals surface area (Å²) < 4.78 is 17.6. The molecule has 1 aliphatic heterocycles. The highest BCUT2D eigenvalue weighted by Gasteiger charge is 2.25. The first kappa shape index (κ1) is 17.2. The topological polar surface area (TPSA) is 27.7 Å². The van der Waals surface area contributed by atoms with Crippen molar-refractivity contribution in [2.45, 2.75) is 26.4 Å². The molecule has 0 bridgehead atoms. The number of fused-ring (bicyclic) bond motifs is 1. The minimum absolute atomic E-state index is 0.115. The second-order valence-electron chi connectivity index (χ2n) is 6.30. The van der Waals surface area contributed by atoms with Gasteiger partial charge in [-0.3, -0.25) is 0 Å². The second-order valence-corrected chi connectivity index (χ2v) is 6.30. The molecule has 0 saturated carbocycles. The highest BCUT2D eigenvalue weighted by molar-refractivity contribution is 5.72. The van der Waals surface area contributed by atoms with Crippen LogP contribution in [0.4, 0.5) is 0 Å². The van der Waals surface area contributed by atoms with Crippen molar-refractivity contribution in [3.8, 4) is 17.2 Å². The van der Waals surface area contributed by atoms with Gasteiger partial charge in [0.1, 0.15) is 23.4 Å². The van der Waals surface area contributed by atoms with Crippen LogP contribution in [0.25, 0.3) is 6.08 Å². The van der Waals surface area contributed by atoms with Crippen molar-refractivity contribution in [1.82, 2.24) is 0 Å². The van der Waals surface area contributed by atoms with Crippen LogP contribution in [-0.4, -0.2) is 14.2 Å². The molecule has 0 aliphatic carbocycles. The fraction of sp³-hybridized carbons (Fsp3) is 0.273. The van der Waals surface area contributed by atoms with E-state index in [0.29, 0.717) is 0 Å². The van der Waals surface area contributed by atoms with Gasteiger partial charge in [-0.1, -0.05) is 42.0 Å². The fourth-order valence-electron chi connectivity index (χ4n) is 2.98.